The quantitative estimate of drug-likeness (QED) is 0.457. The molecule has 4 heavy (non-hydrogen) atoms. The van der Waals surface area contributed by atoms with Crippen molar-refractivity contribution in [3.8, 4) is 0 Å². The molecule has 0 spiro atoms. The van der Waals surface area contributed by atoms with Gasteiger partial charge in [0.2, 0.25) is 0 Å². The predicted molar refractivity (Wildman–Crippen MR) is 13.6 cm³/mol. The second kappa shape index (κ2) is 22.1. The maximum atomic E-state index is 8.34. The molecular formula is HCuLiOSn. The van der Waals surface area contributed by atoms with E-state index < -0.39 is 0 Å². The van der Waals surface area contributed by atoms with Gasteiger partial charge in [-0.2, -0.15) is 0 Å². The van der Waals surface area contributed by atoms with Gasteiger partial charge < -0.3 is 0 Å². The fourth-order valence-corrected chi connectivity index (χ4v) is 0. The van der Waals surface area contributed by atoms with Crippen molar-refractivity contribution < 1.29 is 20.1 Å². The van der Waals surface area contributed by atoms with Crippen LogP contribution in [0.25, 0.3) is 0 Å². The fourth-order valence-electron chi connectivity index (χ4n) is 0. The number of rotatable bonds is 0. The molecule has 0 atom stereocenters. The average molecular weight is 206 g/mol. The van der Waals surface area contributed by atoms with Gasteiger partial charge in [0, 0.05) is 17.1 Å². The van der Waals surface area contributed by atoms with Crippen LogP contribution in [-0.4, -0.2) is 41.4 Å². The maximum absolute atomic E-state index is 8.34. The zero-order valence-corrected chi connectivity index (χ0v) is 5.01. The van der Waals surface area contributed by atoms with Crippen LogP contribution in [0.2, 0.25) is 0 Å². The molecular weight excluding hydrogens is 205 g/mol. The molecule has 0 fully saturated rings. The van der Waals surface area contributed by atoms with Gasteiger partial charge in [-0.3, -0.25) is 0 Å². The molecule has 3 radical (unpaired) electrons. The zero-order valence-electron chi connectivity index (χ0n) is 1.21. The van der Waals surface area contributed by atoms with Gasteiger partial charge in [0.1, 0.15) is 0 Å². The third kappa shape index (κ3) is 9.31. The summed E-state index contributed by atoms with van der Waals surface area (Å²) >= 11 is 0.300. The second-order valence-electron chi connectivity index (χ2n) is 0. The monoisotopic (exact) mass is 207 g/mol. The van der Waals surface area contributed by atoms with Crippen molar-refractivity contribution in [1.29, 1.82) is 0 Å². The second-order valence-corrected chi connectivity index (χ2v) is 0. The van der Waals surface area contributed by atoms with Crippen LogP contribution in [0.4, 0.5) is 0 Å². The minimum absolute atomic E-state index is 0. The van der Waals surface area contributed by atoms with Crippen LogP contribution in [0.5, 0.6) is 0 Å². The molecule has 0 aromatic rings. The van der Waals surface area contributed by atoms with Crippen molar-refractivity contribution in [2.75, 3.05) is 0 Å². The van der Waals surface area contributed by atoms with E-state index in [9.17, 15) is 0 Å². The predicted octanol–water partition coefficient (Wildman–Crippen LogP) is -1.15. The topological polar surface area (TPSA) is 17.1 Å². The van der Waals surface area contributed by atoms with Gasteiger partial charge in [0.05, 0.1) is 0 Å². The van der Waals surface area contributed by atoms with Crippen LogP contribution < -0.4 is 0 Å². The van der Waals surface area contributed by atoms with Crippen LogP contribution in [-0.2, 0) is 20.1 Å². The van der Waals surface area contributed by atoms with Gasteiger partial charge in [-0.1, -0.05) is 0 Å². The number of hydrogen-bond donors (Lipinski definition) is 0. The Morgan fingerprint density at radius 1 is 1.25 bits per heavy atom. The van der Waals surface area contributed by atoms with Crippen molar-refractivity contribution >= 4 is 41.4 Å². The van der Waals surface area contributed by atoms with Gasteiger partial charge in [-0.05, 0) is 0 Å². The number of hydrogen-bond acceptors (Lipinski definition) is 1. The van der Waals surface area contributed by atoms with Crippen LogP contribution in [0.3, 0.4) is 0 Å². The molecule has 0 saturated carbocycles. The van der Waals surface area contributed by atoms with Gasteiger partial charge >= 0.3 is 44.4 Å². The molecule has 4 heteroatoms. The molecule has 23 valence electrons. The summed E-state index contributed by atoms with van der Waals surface area (Å²) in [5.41, 5.74) is 0. The molecule has 0 rings (SSSR count). The van der Waals surface area contributed by atoms with Crippen LogP contribution in [0.15, 0.2) is 0 Å². The Morgan fingerprint density at radius 3 is 1.25 bits per heavy atom. The Bertz CT molecular complexity index is 8.00. The Balaban J connectivity index is -0.00000000500. The van der Waals surface area contributed by atoms with E-state index >= 15 is 0 Å². The van der Waals surface area contributed by atoms with Gasteiger partial charge in [0.25, 0.3) is 0 Å². The molecule has 0 saturated heterocycles. The molecule has 0 aliphatic heterocycles. The minimum atomic E-state index is 0. The van der Waals surface area contributed by atoms with E-state index in [1.807, 2.05) is 0 Å². The van der Waals surface area contributed by atoms with E-state index in [-0.39, 0.29) is 35.9 Å². The molecule has 0 aliphatic rings. The van der Waals surface area contributed by atoms with Crippen LogP contribution in [0.1, 0.15) is 0 Å². The van der Waals surface area contributed by atoms with E-state index in [2.05, 4.69) is 0 Å². The van der Waals surface area contributed by atoms with Crippen molar-refractivity contribution in [3.05, 3.63) is 0 Å². The average Bonchev–Trinajstić information content (AvgIpc) is 1.00. The Morgan fingerprint density at radius 2 is 1.25 bits per heavy atom. The summed E-state index contributed by atoms with van der Waals surface area (Å²) in [6, 6.07) is 0. The van der Waals surface area contributed by atoms with Gasteiger partial charge in [0.15, 0.2) is 0 Å². The van der Waals surface area contributed by atoms with E-state index in [1.54, 1.807) is 0 Å². The van der Waals surface area contributed by atoms with Gasteiger partial charge in [-0.25, -0.2) is 0 Å². The Kier molecular flexibility index (Phi) is 95.3. The summed E-state index contributed by atoms with van der Waals surface area (Å²) in [5, 5.41) is 0. The first-order valence-corrected chi connectivity index (χ1v) is 1.37. The zero-order chi connectivity index (χ0) is 2.00. The van der Waals surface area contributed by atoms with Crippen molar-refractivity contribution in [2.24, 2.45) is 0 Å². The molecule has 0 bridgehead atoms. The first-order valence-electron chi connectivity index (χ1n) is 0.204. The molecule has 0 N–H and O–H groups in total. The summed E-state index contributed by atoms with van der Waals surface area (Å²) in [4.78, 5) is 0. The van der Waals surface area contributed by atoms with E-state index in [0.29, 0.717) is 22.5 Å². The first kappa shape index (κ1) is 17.2. The molecule has 1 nitrogen and oxygen atoms in total. The standard InChI is InChI=1S/Cu.Li.O.Sn.H. The normalized spacial score (nSPS) is 1.00. The summed E-state index contributed by atoms with van der Waals surface area (Å²) < 4.78 is 8.34. The third-order valence-corrected chi connectivity index (χ3v) is 0. The SMILES string of the molecule is [Cu].[LiH].[O]=[Sn]. The molecule has 0 amide bonds. The molecule has 0 aromatic carbocycles. The van der Waals surface area contributed by atoms with Crippen molar-refractivity contribution in [1.82, 2.24) is 0 Å². The summed E-state index contributed by atoms with van der Waals surface area (Å²) in [6.07, 6.45) is 0. The summed E-state index contributed by atoms with van der Waals surface area (Å²) in [7, 11) is 0. The van der Waals surface area contributed by atoms with Crippen molar-refractivity contribution in [3.63, 3.8) is 0 Å². The molecule has 0 aromatic heterocycles. The van der Waals surface area contributed by atoms with E-state index in [4.69, 9.17) is 3.08 Å². The fraction of sp³-hybridized carbons (Fsp3) is 0. The van der Waals surface area contributed by atoms with E-state index in [1.165, 1.54) is 0 Å². The van der Waals surface area contributed by atoms with E-state index in [0.717, 1.165) is 0 Å². The first-order chi connectivity index (χ1) is 1.00. The Hall–Kier alpha value is 1.72. The molecule has 0 heterocycles. The molecule has 0 unspecified atom stereocenters. The summed E-state index contributed by atoms with van der Waals surface area (Å²) in [6.45, 7) is 0. The van der Waals surface area contributed by atoms with Crippen molar-refractivity contribution in [2.45, 2.75) is 0 Å². The van der Waals surface area contributed by atoms with Crippen LogP contribution in [0, 0.1) is 0 Å². The molecule has 0 aliphatic carbocycles. The third-order valence-electron chi connectivity index (χ3n) is 0. The van der Waals surface area contributed by atoms with Gasteiger partial charge in [-0.15, -0.1) is 0 Å². The summed E-state index contributed by atoms with van der Waals surface area (Å²) in [5.74, 6) is 0. The Labute approximate surface area is 61.0 Å². The van der Waals surface area contributed by atoms with Crippen LogP contribution >= 0.6 is 0 Å².